The van der Waals surface area contributed by atoms with Crippen LogP contribution in [0.4, 0.5) is 0 Å². The number of aromatic nitrogens is 1. The van der Waals surface area contributed by atoms with E-state index in [0.29, 0.717) is 28.3 Å². The van der Waals surface area contributed by atoms with E-state index in [1.54, 1.807) is 29.8 Å². The number of sulfone groups is 1. The Morgan fingerprint density at radius 1 is 1.12 bits per heavy atom. The molecule has 5 nitrogen and oxygen atoms in total. The Hall–Kier alpha value is -2.31. The molecular formula is C18H16ClNO4S. The molecule has 0 fully saturated rings. The zero-order valence-electron chi connectivity index (χ0n) is 13.7. The van der Waals surface area contributed by atoms with E-state index in [2.05, 4.69) is 0 Å². The standard InChI is InChI=1S/C18H16ClNO4S/c1-3-24-13-6-9-16-15(10-13)18(21)17(11-20(16)2)25(22,23)14-7-4-12(19)5-8-14/h4-11H,3H2,1-2H3. The van der Waals surface area contributed by atoms with Gasteiger partial charge in [-0.25, -0.2) is 8.42 Å². The van der Waals surface area contributed by atoms with E-state index in [9.17, 15) is 13.2 Å². The number of pyridine rings is 1. The molecule has 0 bridgehead atoms. The Kier molecular flexibility index (Phi) is 4.58. The van der Waals surface area contributed by atoms with Gasteiger partial charge in [-0.15, -0.1) is 0 Å². The Bertz CT molecular complexity index is 1100. The van der Waals surface area contributed by atoms with Gasteiger partial charge in [0.1, 0.15) is 10.6 Å². The highest BCUT2D eigenvalue weighted by Gasteiger charge is 2.23. The fraction of sp³-hybridized carbons (Fsp3) is 0.167. The predicted octanol–water partition coefficient (Wildman–Crippen LogP) is 3.42. The summed E-state index contributed by atoms with van der Waals surface area (Å²) < 4.78 is 32.8. The summed E-state index contributed by atoms with van der Waals surface area (Å²) in [5.74, 6) is 0.521. The molecule has 130 valence electrons. The van der Waals surface area contributed by atoms with Crippen LogP contribution in [0.15, 0.2) is 63.2 Å². The van der Waals surface area contributed by atoms with Gasteiger partial charge in [0.15, 0.2) is 0 Å². The van der Waals surface area contributed by atoms with Crippen LogP contribution in [-0.4, -0.2) is 19.6 Å². The number of aryl methyl sites for hydroxylation is 1. The molecular weight excluding hydrogens is 362 g/mol. The molecule has 0 radical (unpaired) electrons. The monoisotopic (exact) mass is 377 g/mol. The van der Waals surface area contributed by atoms with E-state index in [1.807, 2.05) is 6.92 Å². The molecule has 0 unspecified atom stereocenters. The van der Waals surface area contributed by atoms with E-state index in [1.165, 1.54) is 30.5 Å². The highest BCUT2D eigenvalue weighted by Crippen LogP contribution is 2.24. The fourth-order valence-electron chi connectivity index (χ4n) is 2.63. The summed E-state index contributed by atoms with van der Waals surface area (Å²) in [4.78, 5) is 12.6. The first-order chi connectivity index (χ1) is 11.8. The molecule has 2 aromatic carbocycles. The van der Waals surface area contributed by atoms with Gasteiger partial charge >= 0.3 is 0 Å². The lowest BCUT2D eigenvalue weighted by atomic mass is 10.2. The molecule has 0 N–H and O–H groups in total. The molecule has 3 rings (SSSR count). The first-order valence-electron chi connectivity index (χ1n) is 7.61. The van der Waals surface area contributed by atoms with Crippen molar-refractivity contribution in [2.24, 2.45) is 7.05 Å². The second kappa shape index (κ2) is 6.54. The van der Waals surface area contributed by atoms with Crippen LogP contribution in [0, 0.1) is 0 Å². The molecule has 0 amide bonds. The van der Waals surface area contributed by atoms with Gasteiger partial charge < -0.3 is 9.30 Å². The van der Waals surface area contributed by atoms with Gasteiger partial charge in [-0.3, -0.25) is 4.79 Å². The summed E-state index contributed by atoms with van der Waals surface area (Å²) in [6, 6.07) is 10.8. The topological polar surface area (TPSA) is 65.4 Å². The van der Waals surface area contributed by atoms with Gasteiger partial charge in [0.05, 0.1) is 22.4 Å². The molecule has 0 saturated carbocycles. The minimum absolute atomic E-state index is 0.0225. The third kappa shape index (κ3) is 3.15. The van der Waals surface area contributed by atoms with Crippen molar-refractivity contribution in [1.82, 2.24) is 4.57 Å². The Morgan fingerprint density at radius 2 is 1.80 bits per heavy atom. The highest BCUT2D eigenvalue weighted by atomic mass is 35.5. The molecule has 3 aromatic rings. The van der Waals surface area contributed by atoms with Crippen LogP contribution >= 0.6 is 11.6 Å². The number of hydrogen-bond donors (Lipinski definition) is 0. The van der Waals surface area contributed by atoms with Crippen LogP contribution in [0.1, 0.15) is 6.92 Å². The Morgan fingerprint density at radius 3 is 2.44 bits per heavy atom. The summed E-state index contributed by atoms with van der Waals surface area (Å²) in [6.07, 6.45) is 1.34. The van der Waals surface area contributed by atoms with E-state index < -0.39 is 15.3 Å². The molecule has 0 aliphatic carbocycles. The van der Waals surface area contributed by atoms with Crippen LogP contribution in [0.3, 0.4) is 0 Å². The number of nitrogens with zero attached hydrogens (tertiary/aromatic N) is 1. The van der Waals surface area contributed by atoms with Gasteiger partial charge in [0, 0.05) is 18.3 Å². The third-order valence-electron chi connectivity index (χ3n) is 3.85. The van der Waals surface area contributed by atoms with Crippen molar-refractivity contribution in [2.75, 3.05) is 6.61 Å². The molecule has 0 atom stereocenters. The first-order valence-corrected chi connectivity index (χ1v) is 9.47. The number of benzene rings is 2. The number of hydrogen-bond acceptors (Lipinski definition) is 4. The minimum Gasteiger partial charge on any atom is -0.494 e. The Labute approximate surface area is 150 Å². The normalized spacial score (nSPS) is 11.6. The summed E-state index contributed by atoms with van der Waals surface area (Å²) in [6.45, 7) is 2.29. The van der Waals surface area contributed by atoms with Crippen molar-refractivity contribution < 1.29 is 13.2 Å². The van der Waals surface area contributed by atoms with Crippen LogP contribution in [0.25, 0.3) is 10.9 Å². The van der Waals surface area contributed by atoms with Crippen LogP contribution in [0.5, 0.6) is 5.75 Å². The lowest BCUT2D eigenvalue weighted by Gasteiger charge is -2.11. The molecule has 25 heavy (non-hydrogen) atoms. The summed E-state index contributed by atoms with van der Waals surface area (Å²) in [5, 5.41) is 0.718. The maximum Gasteiger partial charge on any atom is 0.211 e. The second-order valence-electron chi connectivity index (χ2n) is 5.50. The van der Waals surface area contributed by atoms with E-state index in [4.69, 9.17) is 16.3 Å². The quantitative estimate of drug-likeness (QED) is 0.698. The number of halogens is 1. The van der Waals surface area contributed by atoms with Crippen molar-refractivity contribution in [2.45, 2.75) is 16.7 Å². The SMILES string of the molecule is CCOc1ccc2c(c1)c(=O)c(S(=O)(=O)c1ccc(Cl)cc1)cn2C. The average molecular weight is 378 g/mol. The van der Waals surface area contributed by atoms with Crippen molar-refractivity contribution >= 4 is 32.3 Å². The van der Waals surface area contributed by atoms with E-state index in [0.717, 1.165) is 0 Å². The first kappa shape index (κ1) is 17.5. The van der Waals surface area contributed by atoms with E-state index >= 15 is 0 Å². The molecule has 0 aliphatic rings. The lowest BCUT2D eigenvalue weighted by Crippen LogP contribution is -2.18. The molecule has 1 heterocycles. The lowest BCUT2D eigenvalue weighted by molar-refractivity contribution is 0.340. The van der Waals surface area contributed by atoms with Crippen molar-refractivity contribution in [1.29, 1.82) is 0 Å². The number of ether oxygens (including phenoxy) is 1. The van der Waals surface area contributed by atoms with Gasteiger partial charge in [0.2, 0.25) is 15.3 Å². The smallest absolute Gasteiger partial charge is 0.211 e. The average Bonchev–Trinajstić information content (AvgIpc) is 2.58. The zero-order valence-corrected chi connectivity index (χ0v) is 15.3. The van der Waals surface area contributed by atoms with Crippen LogP contribution in [0.2, 0.25) is 5.02 Å². The molecule has 0 saturated heterocycles. The Balaban J connectivity index is 2.27. The zero-order chi connectivity index (χ0) is 18.2. The molecule has 1 aromatic heterocycles. The van der Waals surface area contributed by atoms with Gasteiger partial charge in [-0.1, -0.05) is 11.6 Å². The van der Waals surface area contributed by atoms with Crippen LogP contribution < -0.4 is 10.2 Å². The number of rotatable bonds is 4. The molecule has 0 aliphatic heterocycles. The third-order valence-corrected chi connectivity index (χ3v) is 5.87. The fourth-order valence-corrected chi connectivity index (χ4v) is 4.16. The summed E-state index contributed by atoms with van der Waals surface area (Å²) >= 11 is 5.81. The van der Waals surface area contributed by atoms with Crippen molar-refractivity contribution in [3.63, 3.8) is 0 Å². The molecule has 0 spiro atoms. The van der Waals surface area contributed by atoms with Gasteiger partial charge in [0.25, 0.3) is 0 Å². The van der Waals surface area contributed by atoms with Crippen LogP contribution in [-0.2, 0) is 16.9 Å². The van der Waals surface area contributed by atoms with E-state index in [-0.39, 0.29) is 9.79 Å². The van der Waals surface area contributed by atoms with Gasteiger partial charge in [-0.2, -0.15) is 0 Å². The summed E-state index contributed by atoms with van der Waals surface area (Å²) in [7, 11) is -2.26. The molecule has 7 heteroatoms. The maximum absolute atomic E-state index is 12.9. The largest absolute Gasteiger partial charge is 0.494 e. The summed E-state index contributed by atoms with van der Waals surface area (Å²) in [5.41, 5.74) is 0.0770. The second-order valence-corrected chi connectivity index (χ2v) is 7.86. The van der Waals surface area contributed by atoms with Gasteiger partial charge in [-0.05, 0) is 49.4 Å². The maximum atomic E-state index is 12.9. The van der Waals surface area contributed by atoms with Crippen molar-refractivity contribution in [3.8, 4) is 5.75 Å². The predicted molar refractivity (Wildman–Crippen MR) is 97.3 cm³/mol. The van der Waals surface area contributed by atoms with Crippen molar-refractivity contribution in [3.05, 3.63) is 63.9 Å². The number of fused-ring (bicyclic) bond motifs is 1. The highest BCUT2D eigenvalue weighted by molar-refractivity contribution is 7.91. The minimum atomic E-state index is -3.96.